The van der Waals surface area contributed by atoms with E-state index in [9.17, 15) is 18.0 Å². The highest BCUT2D eigenvalue weighted by molar-refractivity contribution is 5.81. The van der Waals surface area contributed by atoms with Crippen LogP contribution in [0.5, 0.6) is 5.75 Å². The number of rotatable bonds is 6. The van der Waals surface area contributed by atoms with Gasteiger partial charge in [0.2, 0.25) is 5.91 Å². The van der Waals surface area contributed by atoms with Gasteiger partial charge in [-0.3, -0.25) is 9.78 Å². The predicted molar refractivity (Wildman–Crippen MR) is 71.0 cm³/mol. The number of hydrogen-bond acceptors (Lipinski definition) is 4. The lowest BCUT2D eigenvalue weighted by Gasteiger charge is -2.14. The van der Waals surface area contributed by atoms with Crippen molar-refractivity contribution in [1.29, 1.82) is 0 Å². The molecule has 1 saturated carbocycles. The summed E-state index contributed by atoms with van der Waals surface area (Å²) in [5.41, 5.74) is 0.522. The number of aliphatic hydroxyl groups excluding tert-OH is 1. The maximum atomic E-state index is 12.0. The van der Waals surface area contributed by atoms with E-state index in [2.05, 4.69) is 15.0 Å². The van der Waals surface area contributed by atoms with Gasteiger partial charge in [0.15, 0.2) is 6.61 Å². The molecule has 122 valence electrons. The molecule has 0 aliphatic heterocycles. The number of aliphatic hydroxyl groups is 1. The third-order valence-electron chi connectivity index (χ3n) is 3.46. The zero-order valence-electron chi connectivity index (χ0n) is 11.9. The molecule has 1 fully saturated rings. The number of hydrogen-bond donors (Lipinski definition) is 2. The molecule has 1 aromatic heterocycles. The van der Waals surface area contributed by atoms with Gasteiger partial charge in [-0.1, -0.05) is 0 Å². The second-order valence-electron chi connectivity index (χ2n) is 5.34. The van der Waals surface area contributed by atoms with E-state index in [1.807, 2.05) is 0 Å². The number of amides is 1. The lowest BCUT2D eigenvalue weighted by Crippen LogP contribution is -2.29. The summed E-state index contributed by atoms with van der Waals surface area (Å²) in [5, 5.41) is 11.7. The Kier molecular flexibility index (Phi) is 4.90. The summed E-state index contributed by atoms with van der Waals surface area (Å²) in [4.78, 5) is 15.8. The Morgan fingerprint density at radius 1 is 1.55 bits per heavy atom. The van der Waals surface area contributed by atoms with Crippen LogP contribution in [0.4, 0.5) is 13.2 Å². The van der Waals surface area contributed by atoms with Crippen molar-refractivity contribution in [2.75, 3.05) is 13.2 Å². The van der Waals surface area contributed by atoms with Crippen molar-refractivity contribution < 1.29 is 27.8 Å². The molecule has 1 aliphatic rings. The summed E-state index contributed by atoms with van der Waals surface area (Å²) in [6.45, 7) is 0.354. The van der Waals surface area contributed by atoms with Gasteiger partial charge in [-0.2, -0.15) is 13.2 Å². The Hall–Kier alpha value is -1.83. The first-order valence-electron chi connectivity index (χ1n) is 6.87. The largest absolute Gasteiger partial charge is 0.483 e. The van der Waals surface area contributed by atoms with E-state index < -0.39 is 12.8 Å². The van der Waals surface area contributed by atoms with Crippen LogP contribution < -0.4 is 10.1 Å². The van der Waals surface area contributed by atoms with Crippen molar-refractivity contribution >= 4 is 5.91 Å². The average molecular weight is 318 g/mol. The van der Waals surface area contributed by atoms with Gasteiger partial charge in [-0.15, -0.1) is 0 Å². The van der Waals surface area contributed by atoms with E-state index in [1.165, 1.54) is 18.3 Å². The molecule has 2 N–H and O–H groups in total. The minimum Gasteiger partial charge on any atom is -0.483 e. The van der Waals surface area contributed by atoms with Gasteiger partial charge in [0.05, 0.1) is 17.9 Å². The molecule has 0 bridgehead atoms. The number of halogens is 3. The van der Waals surface area contributed by atoms with Crippen LogP contribution >= 0.6 is 0 Å². The van der Waals surface area contributed by atoms with Crippen molar-refractivity contribution in [3.8, 4) is 5.75 Å². The van der Waals surface area contributed by atoms with E-state index in [0.29, 0.717) is 12.1 Å². The molecule has 1 heterocycles. The Labute approximate surface area is 125 Å². The lowest BCUT2D eigenvalue weighted by molar-refractivity contribution is -0.153. The van der Waals surface area contributed by atoms with Gasteiger partial charge >= 0.3 is 6.18 Å². The second kappa shape index (κ2) is 6.51. The number of nitrogens with zero attached hydrogens (tertiary/aromatic N) is 1. The molecule has 0 radical (unpaired) electrons. The van der Waals surface area contributed by atoms with E-state index >= 15 is 0 Å². The molecule has 0 unspecified atom stereocenters. The molecule has 1 aliphatic carbocycles. The summed E-state index contributed by atoms with van der Waals surface area (Å²) in [6.07, 6.45) is -2.53. The van der Waals surface area contributed by atoms with Crippen molar-refractivity contribution in [3.05, 3.63) is 24.0 Å². The zero-order valence-corrected chi connectivity index (χ0v) is 11.9. The molecule has 0 saturated heterocycles. The fourth-order valence-electron chi connectivity index (χ4n) is 2.06. The smallest absolute Gasteiger partial charge is 0.422 e. The van der Waals surface area contributed by atoms with Gasteiger partial charge in [0.25, 0.3) is 0 Å². The molecular weight excluding hydrogens is 301 g/mol. The highest BCUT2D eigenvalue weighted by Crippen LogP contribution is 2.38. The number of nitrogens with one attached hydrogen (secondary N) is 1. The number of aromatic nitrogens is 1. The van der Waals surface area contributed by atoms with E-state index in [-0.39, 0.29) is 36.1 Å². The summed E-state index contributed by atoms with van der Waals surface area (Å²) in [6, 6.07) is 2.52. The molecule has 5 nitrogen and oxygen atoms in total. The van der Waals surface area contributed by atoms with Gasteiger partial charge in [-0.25, -0.2) is 0 Å². The molecule has 0 spiro atoms. The molecule has 0 aromatic carbocycles. The lowest BCUT2D eigenvalue weighted by atomic mass is 10.2. The van der Waals surface area contributed by atoms with Gasteiger partial charge in [-0.05, 0) is 31.4 Å². The number of carbonyl (C=O) groups is 1. The first-order valence-corrected chi connectivity index (χ1v) is 6.87. The van der Waals surface area contributed by atoms with Crippen LogP contribution in [0.25, 0.3) is 0 Å². The molecule has 8 heteroatoms. The monoisotopic (exact) mass is 318 g/mol. The number of carbonyl (C=O) groups excluding carboxylic acids is 1. The standard InChI is InChI=1S/C14H17F3N2O3/c1-8(19-13(21)11-4-9(11)6-20)12-3-2-10(5-18-12)22-7-14(15,16)17/h2-3,5,8-9,11,20H,4,6-7H2,1H3,(H,19,21)/t8-,9-,11+/m1/s1. The Bertz CT molecular complexity index is 519. The highest BCUT2D eigenvalue weighted by Gasteiger charge is 2.42. The van der Waals surface area contributed by atoms with Crippen molar-refractivity contribution in [2.45, 2.75) is 25.6 Å². The first-order chi connectivity index (χ1) is 10.3. The van der Waals surface area contributed by atoms with E-state index in [4.69, 9.17) is 5.11 Å². The normalized spacial score (nSPS) is 22.0. The number of pyridine rings is 1. The van der Waals surface area contributed by atoms with Crippen LogP contribution in [0.15, 0.2) is 18.3 Å². The van der Waals surface area contributed by atoms with Crippen molar-refractivity contribution in [1.82, 2.24) is 10.3 Å². The van der Waals surface area contributed by atoms with Crippen molar-refractivity contribution in [2.24, 2.45) is 11.8 Å². The first kappa shape index (κ1) is 16.5. The topological polar surface area (TPSA) is 71.5 Å². The maximum Gasteiger partial charge on any atom is 0.422 e. The van der Waals surface area contributed by atoms with Crippen LogP contribution in [0.1, 0.15) is 25.1 Å². The third kappa shape index (κ3) is 4.59. The zero-order chi connectivity index (χ0) is 16.3. The molecular formula is C14H17F3N2O3. The number of ether oxygens (including phenoxy) is 1. The Balaban J connectivity index is 1.85. The predicted octanol–water partition coefficient (Wildman–Crippen LogP) is 1.83. The van der Waals surface area contributed by atoms with E-state index in [0.717, 1.165) is 0 Å². The van der Waals surface area contributed by atoms with Crippen molar-refractivity contribution in [3.63, 3.8) is 0 Å². The second-order valence-corrected chi connectivity index (χ2v) is 5.34. The van der Waals surface area contributed by atoms with Gasteiger partial charge in [0, 0.05) is 12.5 Å². The van der Waals surface area contributed by atoms with Crippen LogP contribution in [-0.2, 0) is 4.79 Å². The minimum atomic E-state index is -4.40. The molecule has 22 heavy (non-hydrogen) atoms. The van der Waals surface area contributed by atoms with Crippen LogP contribution in [0, 0.1) is 11.8 Å². The highest BCUT2D eigenvalue weighted by atomic mass is 19.4. The molecule has 3 atom stereocenters. The maximum absolute atomic E-state index is 12.0. The summed E-state index contributed by atoms with van der Waals surface area (Å²) < 4.78 is 40.6. The third-order valence-corrected chi connectivity index (χ3v) is 3.46. The quantitative estimate of drug-likeness (QED) is 0.839. The van der Waals surface area contributed by atoms with E-state index in [1.54, 1.807) is 6.92 Å². The Morgan fingerprint density at radius 3 is 2.77 bits per heavy atom. The average Bonchev–Trinajstić information content (AvgIpc) is 3.24. The minimum absolute atomic E-state index is 0.00401. The molecule has 1 aromatic rings. The fourth-order valence-corrected chi connectivity index (χ4v) is 2.06. The van der Waals surface area contributed by atoms with Crippen LogP contribution in [0.3, 0.4) is 0 Å². The fraction of sp³-hybridized carbons (Fsp3) is 0.571. The van der Waals surface area contributed by atoms with Gasteiger partial charge in [0.1, 0.15) is 5.75 Å². The van der Waals surface area contributed by atoms with Crippen LogP contribution in [0.2, 0.25) is 0 Å². The SMILES string of the molecule is C[C@@H](NC(=O)[C@H]1C[C@@H]1CO)c1ccc(OCC(F)(F)F)cn1. The Morgan fingerprint density at radius 2 is 2.27 bits per heavy atom. The number of alkyl halides is 3. The van der Waals surface area contributed by atoms with Gasteiger partial charge < -0.3 is 15.2 Å². The van der Waals surface area contributed by atoms with Crippen LogP contribution in [-0.4, -0.2) is 35.4 Å². The summed E-state index contributed by atoms with van der Waals surface area (Å²) in [5.74, 6) is -0.270. The summed E-state index contributed by atoms with van der Waals surface area (Å²) >= 11 is 0. The molecule has 1 amide bonds. The molecule has 2 rings (SSSR count). The summed E-state index contributed by atoms with van der Waals surface area (Å²) in [7, 11) is 0.